The van der Waals surface area contributed by atoms with Gasteiger partial charge < -0.3 is 10.2 Å². The minimum absolute atomic E-state index is 0.0209. The van der Waals surface area contributed by atoms with E-state index in [1.54, 1.807) is 0 Å². The third-order valence-electron chi connectivity index (χ3n) is 5.18. The van der Waals surface area contributed by atoms with Gasteiger partial charge in [0.25, 0.3) is 0 Å². The van der Waals surface area contributed by atoms with Crippen molar-refractivity contribution in [1.29, 1.82) is 0 Å². The average Bonchev–Trinajstić information content (AvgIpc) is 2.70. The van der Waals surface area contributed by atoms with Crippen molar-refractivity contribution in [3.05, 3.63) is 71.3 Å². The molecule has 1 aliphatic heterocycles. The van der Waals surface area contributed by atoms with Crippen molar-refractivity contribution < 1.29 is 9.59 Å². The molecule has 3 rings (SSSR count). The van der Waals surface area contributed by atoms with Gasteiger partial charge in [-0.05, 0) is 35.4 Å². The van der Waals surface area contributed by atoms with Crippen LogP contribution in [0.2, 0.25) is 0 Å². The van der Waals surface area contributed by atoms with Crippen molar-refractivity contribution in [2.75, 3.05) is 6.54 Å². The summed E-state index contributed by atoms with van der Waals surface area (Å²) in [6, 6.07) is 17.7. The van der Waals surface area contributed by atoms with Gasteiger partial charge in [0.1, 0.15) is 6.04 Å². The zero-order valence-electron chi connectivity index (χ0n) is 16.2. The van der Waals surface area contributed by atoms with Crippen LogP contribution in [0, 0.1) is 5.92 Å². The molecular weight excluding hydrogens is 336 g/mol. The number of benzene rings is 2. The lowest BCUT2D eigenvalue weighted by Crippen LogP contribution is -2.52. The lowest BCUT2D eigenvalue weighted by molar-refractivity contribution is -0.138. The molecule has 2 aromatic carbocycles. The predicted octanol–water partition coefficient (Wildman–Crippen LogP) is 3.34. The summed E-state index contributed by atoms with van der Waals surface area (Å²) in [4.78, 5) is 27.4. The van der Waals surface area contributed by atoms with Crippen LogP contribution in [-0.4, -0.2) is 29.3 Å². The molecule has 1 N–H and O–H groups in total. The molecule has 1 heterocycles. The Labute approximate surface area is 161 Å². The van der Waals surface area contributed by atoms with Crippen molar-refractivity contribution in [2.45, 2.75) is 45.7 Å². The van der Waals surface area contributed by atoms with Crippen LogP contribution < -0.4 is 5.32 Å². The number of nitrogens with one attached hydrogen (secondary N) is 1. The van der Waals surface area contributed by atoms with Gasteiger partial charge in [0.2, 0.25) is 11.8 Å². The topological polar surface area (TPSA) is 49.4 Å². The van der Waals surface area contributed by atoms with Crippen LogP contribution in [0.4, 0.5) is 0 Å². The van der Waals surface area contributed by atoms with Gasteiger partial charge in [-0.25, -0.2) is 0 Å². The molecule has 142 valence electrons. The van der Waals surface area contributed by atoms with Crippen LogP contribution in [0.25, 0.3) is 0 Å². The highest BCUT2D eigenvalue weighted by molar-refractivity contribution is 5.88. The maximum absolute atomic E-state index is 13.1. The lowest BCUT2D eigenvalue weighted by Gasteiger charge is -2.33. The van der Waals surface area contributed by atoms with Crippen molar-refractivity contribution in [2.24, 2.45) is 5.92 Å². The Morgan fingerprint density at radius 1 is 1.00 bits per heavy atom. The van der Waals surface area contributed by atoms with E-state index in [0.717, 1.165) is 12.0 Å². The van der Waals surface area contributed by atoms with E-state index in [1.165, 1.54) is 11.1 Å². The molecule has 2 amide bonds. The number of fused-ring (bicyclic) bond motifs is 1. The molecule has 4 nitrogen and oxygen atoms in total. The van der Waals surface area contributed by atoms with E-state index in [9.17, 15) is 9.59 Å². The zero-order valence-corrected chi connectivity index (χ0v) is 16.2. The smallest absolute Gasteiger partial charge is 0.245 e. The fourth-order valence-corrected chi connectivity index (χ4v) is 3.54. The molecule has 1 atom stereocenters. The van der Waals surface area contributed by atoms with Gasteiger partial charge in [-0.3, -0.25) is 9.59 Å². The highest BCUT2D eigenvalue weighted by Crippen LogP contribution is 2.20. The number of nitrogens with zero attached hydrogens (tertiary/aromatic N) is 1. The van der Waals surface area contributed by atoms with Crippen LogP contribution in [0.1, 0.15) is 37.0 Å². The number of aryl methyl sites for hydroxylation is 1. The molecule has 0 unspecified atom stereocenters. The number of rotatable bonds is 6. The van der Waals surface area contributed by atoms with Crippen molar-refractivity contribution in [1.82, 2.24) is 10.2 Å². The maximum atomic E-state index is 13.1. The van der Waals surface area contributed by atoms with Crippen molar-refractivity contribution in [3.8, 4) is 0 Å². The van der Waals surface area contributed by atoms with Gasteiger partial charge in [-0.1, -0.05) is 68.4 Å². The summed E-state index contributed by atoms with van der Waals surface area (Å²) in [6.07, 6.45) is 1.95. The molecule has 0 bridgehead atoms. The summed E-state index contributed by atoms with van der Waals surface area (Å²) in [7, 11) is 0. The number of carbonyl (C=O) groups excluding carboxylic acids is 2. The van der Waals surface area contributed by atoms with Gasteiger partial charge in [0, 0.05) is 19.5 Å². The van der Waals surface area contributed by atoms with Crippen LogP contribution in [0.5, 0.6) is 0 Å². The first-order valence-electron chi connectivity index (χ1n) is 9.73. The van der Waals surface area contributed by atoms with Crippen molar-refractivity contribution in [3.63, 3.8) is 0 Å². The summed E-state index contributed by atoms with van der Waals surface area (Å²) >= 11 is 0. The number of amides is 2. The van der Waals surface area contributed by atoms with E-state index in [1.807, 2.05) is 61.2 Å². The van der Waals surface area contributed by atoms with Crippen LogP contribution in [-0.2, 0) is 29.0 Å². The summed E-state index contributed by atoms with van der Waals surface area (Å²) in [5, 5.41) is 2.98. The van der Waals surface area contributed by atoms with Crippen LogP contribution >= 0.6 is 0 Å². The predicted molar refractivity (Wildman–Crippen MR) is 107 cm³/mol. The highest BCUT2D eigenvalue weighted by Gasteiger charge is 2.30. The fraction of sp³-hybridized carbons (Fsp3) is 0.391. The molecule has 0 spiro atoms. The molecule has 4 heteroatoms. The summed E-state index contributed by atoms with van der Waals surface area (Å²) in [6.45, 7) is 5.30. The van der Waals surface area contributed by atoms with E-state index in [-0.39, 0.29) is 17.7 Å². The molecule has 2 aromatic rings. The molecular formula is C23H28N2O2. The second-order valence-corrected chi connectivity index (χ2v) is 7.55. The fourth-order valence-electron chi connectivity index (χ4n) is 3.54. The minimum atomic E-state index is -0.474. The largest absolute Gasteiger partial charge is 0.344 e. The lowest BCUT2D eigenvalue weighted by atomic mass is 9.97. The standard InChI is InChI=1S/C23H28N2O2/c1-17(2)22(24-21(26)13-12-18-8-4-3-5-9-18)23(27)25-15-14-19-10-6-7-11-20(19)16-25/h3-11,17,22H,12-16H2,1-2H3,(H,24,26)/t22-/m0/s1. The van der Waals surface area contributed by atoms with Gasteiger partial charge >= 0.3 is 0 Å². The normalized spacial score (nSPS) is 14.6. The number of hydrogen-bond donors (Lipinski definition) is 1. The zero-order chi connectivity index (χ0) is 19.2. The molecule has 0 fully saturated rings. The Morgan fingerprint density at radius 2 is 1.67 bits per heavy atom. The quantitative estimate of drug-likeness (QED) is 0.855. The van der Waals surface area contributed by atoms with Gasteiger partial charge in [-0.15, -0.1) is 0 Å². The van der Waals surface area contributed by atoms with Crippen LogP contribution in [0.3, 0.4) is 0 Å². The number of hydrogen-bond acceptors (Lipinski definition) is 2. The molecule has 27 heavy (non-hydrogen) atoms. The Kier molecular flexibility index (Phi) is 6.28. The molecule has 0 saturated carbocycles. The van der Waals surface area contributed by atoms with E-state index in [0.29, 0.717) is 25.9 Å². The van der Waals surface area contributed by atoms with E-state index in [2.05, 4.69) is 17.4 Å². The third-order valence-corrected chi connectivity index (χ3v) is 5.18. The maximum Gasteiger partial charge on any atom is 0.245 e. The first kappa shape index (κ1) is 19.2. The second kappa shape index (κ2) is 8.85. The molecule has 0 aliphatic carbocycles. The molecule has 0 saturated heterocycles. The van der Waals surface area contributed by atoms with Crippen molar-refractivity contribution >= 4 is 11.8 Å². The molecule has 0 radical (unpaired) electrons. The molecule has 0 aromatic heterocycles. The monoisotopic (exact) mass is 364 g/mol. The first-order chi connectivity index (χ1) is 13.0. The summed E-state index contributed by atoms with van der Waals surface area (Å²) in [5.41, 5.74) is 3.65. The Balaban J connectivity index is 1.59. The minimum Gasteiger partial charge on any atom is -0.344 e. The number of carbonyl (C=O) groups is 2. The Hall–Kier alpha value is -2.62. The average molecular weight is 364 g/mol. The van der Waals surface area contributed by atoms with Gasteiger partial charge in [0.15, 0.2) is 0 Å². The Bertz CT molecular complexity index is 786. The SMILES string of the molecule is CC(C)[C@H](NC(=O)CCc1ccccc1)C(=O)N1CCc2ccccc2C1. The van der Waals surface area contributed by atoms with Gasteiger partial charge in [0.05, 0.1) is 0 Å². The molecule has 1 aliphatic rings. The summed E-state index contributed by atoms with van der Waals surface area (Å²) < 4.78 is 0. The highest BCUT2D eigenvalue weighted by atomic mass is 16.2. The Morgan fingerprint density at radius 3 is 2.37 bits per heavy atom. The van der Waals surface area contributed by atoms with E-state index < -0.39 is 6.04 Å². The van der Waals surface area contributed by atoms with E-state index in [4.69, 9.17) is 0 Å². The third kappa shape index (κ3) is 4.97. The first-order valence-corrected chi connectivity index (χ1v) is 9.73. The summed E-state index contributed by atoms with van der Waals surface area (Å²) in [5.74, 6) is 0.00576. The van der Waals surface area contributed by atoms with Gasteiger partial charge in [-0.2, -0.15) is 0 Å². The van der Waals surface area contributed by atoms with E-state index >= 15 is 0 Å². The van der Waals surface area contributed by atoms with Crippen LogP contribution in [0.15, 0.2) is 54.6 Å². The second-order valence-electron chi connectivity index (χ2n) is 7.55.